The molecule has 0 aromatic carbocycles. The Labute approximate surface area is 93.6 Å². The number of hydrogen-bond donors (Lipinski definition) is 1. The first-order valence-electron chi connectivity index (χ1n) is 4.48. The number of aldehydes is 1. The third-order valence-electron chi connectivity index (χ3n) is 1.44. The van der Waals surface area contributed by atoms with Gasteiger partial charge in [-0.2, -0.15) is 0 Å². The summed E-state index contributed by atoms with van der Waals surface area (Å²) in [5, 5.41) is 2.47. The highest BCUT2D eigenvalue weighted by atomic mass is 32.2. The summed E-state index contributed by atoms with van der Waals surface area (Å²) in [6.07, 6.45) is 0.642. The fourth-order valence-electron chi connectivity index (χ4n) is 0.862. The minimum atomic E-state index is -0.591. The first kappa shape index (κ1) is 14.1. The number of nitrogens with zero attached hydrogens (tertiary/aromatic N) is 1. The second-order valence-electron chi connectivity index (χ2n) is 3.35. The van der Waals surface area contributed by atoms with E-state index in [2.05, 4.69) is 5.32 Å². The Hall–Kier alpha value is -0.880. The molecule has 0 aromatic heterocycles. The molecule has 0 aliphatic carbocycles. The number of hydrogen-bond acceptors (Lipinski definition) is 5. The van der Waals surface area contributed by atoms with Gasteiger partial charge in [0.25, 0.3) is 0 Å². The van der Waals surface area contributed by atoms with Crippen molar-refractivity contribution >= 4 is 29.1 Å². The van der Waals surface area contributed by atoms with Crippen molar-refractivity contribution in [3.05, 3.63) is 0 Å². The highest BCUT2D eigenvalue weighted by Crippen LogP contribution is 2.02. The Morgan fingerprint density at radius 1 is 1.47 bits per heavy atom. The van der Waals surface area contributed by atoms with Gasteiger partial charge >= 0.3 is 0 Å². The fraction of sp³-hybridized carbons (Fsp3) is 0.667. The van der Waals surface area contributed by atoms with E-state index in [0.717, 1.165) is 11.8 Å². The van der Waals surface area contributed by atoms with E-state index >= 15 is 0 Å². The topological polar surface area (TPSA) is 66.5 Å². The average Bonchev–Trinajstić information content (AvgIpc) is 2.10. The van der Waals surface area contributed by atoms with Gasteiger partial charge < -0.3 is 15.0 Å². The molecule has 0 aliphatic heterocycles. The Balaban J connectivity index is 3.93. The Morgan fingerprint density at radius 3 is 2.47 bits per heavy atom. The summed E-state index contributed by atoms with van der Waals surface area (Å²) in [5.41, 5.74) is 0. The maximum absolute atomic E-state index is 11.3. The molecule has 1 unspecified atom stereocenters. The van der Waals surface area contributed by atoms with Gasteiger partial charge in [-0.05, 0) is 14.1 Å². The van der Waals surface area contributed by atoms with E-state index in [1.165, 1.54) is 6.92 Å². The maximum atomic E-state index is 11.3. The maximum Gasteiger partial charge on any atom is 0.234 e. The molecule has 15 heavy (non-hydrogen) atoms. The van der Waals surface area contributed by atoms with Gasteiger partial charge in [0, 0.05) is 12.7 Å². The molecule has 5 nitrogen and oxygen atoms in total. The number of amides is 1. The second kappa shape index (κ2) is 7.42. The van der Waals surface area contributed by atoms with Crippen LogP contribution >= 0.6 is 11.8 Å². The van der Waals surface area contributed by atoms with Crippen molar-refractivity contribution in [2.24, 2.45) is 0 Å². The van der Waals surface area contributed by atoms with Gasteiger partial charge in [-0.25, -0.2) is 0 Å². The molecule has 1 N–H and O–H groups in total. The number of likely N-dealkylation sites (N-methyl/N-ethyl adjacent to an activating group) is 1. The lowest BCUT2D eigenvalue weighted by Crippen LogP contribution is -2.42. The molecule has 0 heterocycles. The molecule has 0 saturated heterocycles. The normalized spacial score (nSPS) is 12.3. The van der Waals surface area contributed by atoms with Crippen LogP contribution in [0.4, 0.5) is 0 Å². The lowest BCUT2D eigenvalue weighted by Gasteiger charge is -2.14. The van der Waals surface area contributed by atoms with E-state index in [1.807, 2.05) is 0 Å². The monoisotopic (exact) mass is 232 g/mol. The van der Waals surface area contributed by atoms with Crippen molar-refractivity contribution < 1.29 is 14.4 Å². The minimum absolute atomic E-state index is 0.0660. The van der Waals surface area contributed by atoms with Crippen LogP contribution in [-0.4, -0.2) is 54.6 Å². The largest absolute Gasteiger partial charge is 0.345 e. The quantitative estimate of drug-likeness (QED) is 0.626. The SMILES string of the molecule is CC(=O)SCC(C=O)NC(=O)CN(C)C. The summed E-state index contributed by atoms with van der Waals surface area (Å²) in [7, 11) is 3.53. The van der Waals surface area contributed by atoms with Crippen molar-refractivity contribution in [2.45, 2.75) is 13.0 Å². The lowest BCUT2D eigenvalue weighted by molar-refractivity contribution is -0.124. The van der Waals surface area contributed by atoms with E-state index in [1.54, 1.807) is 19.0 Å². The molecule has 0 rings (SSSR count). The highest BCUT2D eigenvalue weighted by molar-refractivity contribution is 8.13. The van der Waals surface area contributed by atoms with Gasteiger partial charge in [-0.1, -0.05) is 11.8 Å². The molecule has 1 atom stereocenters. The molecule has 1 amide bonds. The molecule has 0 spiro atoms. The zero-order valence-electron chi connectivity index (χ0n) is 9.15. The molecule has 0 bridgehead atoms. The average molecular weight is 232 g/mol. The van der Waals surface area contributed by atoms with Crippen molar-refractivity contribution in [2.75, 3.05) is 26.4 Å². The van der Waals surface area contributed by atoms with E-state index in [0.29, 0.717) is 6.29 Å². The van der Waals surface area contributed by atoms with Crippen LogP contribution in [0.15, 0.2) is 0 Å². The molecule has 0 aromatic rings. The summed E-state index contributed by atoms with van der Waals surface area (Å²) in [6.45, 7) is 1.66. The van der Waals surface area contributed by atoms with Crippen LogP contribution in [0.25, 0.3) is 0 Å². The fourth-order valence-corrected chi connectivity index (χ4v) is 1.44. The Morgan fingerprint density at radius 2 is 2.07 bits per heavy atom. The van der Waals surface area contributed by atoms with Crippen molar-refractivity contribution in [3.8, 4) is 0 Å². The minimum Gasteiger partial charge on any atom is -0.345 e. The number of rotatable bonds is 6. The third kappa shape index (κ3) is 8.14. The summed E-state index contributed by atoms with van der Waals surface area (Å²) in [6, 6.07) is -0.591. The first-order valence-corrected chi connectivity index (χ1v) is 5.47. The van der Waals surface area contributed by atoms with Crippen LogP contribution in [-0.2, 0) is 14.4 Å². The van der Waals surface area contributed by atoms with Crippen LogP contribution < -0.4 is 5.32 Å². The van der Waals surface area contributed by atoms with E-state index in [9.17, 15) is 14.4 Å². The smallest absolute Gasteiger partial charge is 0.234 e. The van der Waals surface area contributed by atoms with Gasteiger partial charge in [0.05, 0.1) is 12.6 Å². The summed E-state index contributed by atoms with van der Waals surface area (Å²) in [5.74, 6) is 0.0686. The molecule has 0 fully saturated rings. The molecule has 0 aliphatic rings. The molecular formula is C9H16N2O3S. The number of nitrogens with one attached hydrogen (secondary N) is 1. The van der Waals surface area contributed by atoms with Crippen LogP contribution in [0.5, 0.6) is 0 Å². The summed E-state index contributed by atoms with van der Waals surface area (Å²) >= 11 is 1.03. The van der Waals surface area contributed by atoms with Crippen molar-refractivity contribution in [1.29, 1.82) is 0 Å². The Kier molecular flexibility index (Phi) is 6.98. The predicted molar refractivity (Wildman–Crippen MR) is 59.7 cm³/mol. The lowest BCUT2D eigenvalue weighted by atomic mass is 10.3. The molecule has 0 radical (unpaired) electrons. The molecule has 0 saturated carbocycles. The molecule has 6 heteroatoms. The predicted octanol–water partition coefficient (Wildman–Crippen LogP) is -0.489. The van der Waals surface area contributed by atoms with E-state index in [4.69, 9.17) is 0 Å². The second-order valence-corrected chi connectivity index (χ2v) is 4.55. The zero-order chi connectivity index (χ0) is 11.8. The van der Waals surface area contributed by atoms with Crippen LogP contribution in [0.3, 0.4) is 0 Å². The highest BCUT2D eigenvalue weighted by Gasteiger charge is 2.12. The van der Waals surface area contributed by atoms with E-state index in [-0.39, 0.29) is 23.3 Å². The van der Waals surface area contributed by atoms with Crippen LogP contribution in [0.2, 0.25) is 0 Å². The van der Waals surface area contributed by atoms with Crippen LogP contribution in [0.1, 0.15) is 6.92 Å². The molecular weight excluding hydrogens is 216 g/mol. The van der Waals surface area contributed by atoms with Gasteiger partial charge in [0.2, 0.25) is 5.91 Å². The first-order chi connectivity index (χ1) is 6.95. The van der Waals surface area contributed by atoms with E-state index < -0.39 is 6.04 Å². The van der Waals surface area contributed by atoms with Crippen molar-refractivity contribution in [1.82, 2.24) is 10.2 Å². The van der Waals surface area contributed by atoms with Crippen molar-refractivity contribution in [3.63, 3.8) is 0 Å². The van der Waals surface area contributed by atoms with Gasteiger partial charge in [0.15, 0.2) is 5.12 Å². The van der Waals surface area contributed by atoms with Gasteiger partial charge in [0.1, 0.15) is 6.29 Å². The standard InChI is InChI=1S/C9H16N2O3S/c1-7(13)15-6-8(5-12)10-9(14)4-11(2)3/h5,8H,4,6H2,1-3H3,(H,10,14). The third-order valence-corrected chi connectivity index (χ3v) is 2.37. The zero-order valence-corrected chi connectivity index (χ0v) is 9.97. The van der Waals surface area contributed by atoms with Gasteiger partial charge in [-0.15, -0.1) is 0 Å². The molecule has 86 valence electrons. The number of carbonyl (C=O) groups is 3. The summed E-state index contributed by atoms with van der Waals surface area (Å²) < 4.78 is 0. The van der Waals surface area contributed by atoms with Crippen LogP contribution in [0, 0.1) is 0 Å². The number of carbonyl (C=O) groups excluding carboxylic acids is 3. The Bertz CT molecular complexity index is 244. The van der Waals surface area contributed by atoms with Gasteiger partial charge in [-0.3, -0.25) is 9.59 Å². The summed E-state index contributed by atoms with van der Waals surface area (Å²) in [4.78, 5) is 34.2. The number of thioether (sulfide) groups is 1.